The number of rotatable bonds is 7. The van der Waals surface area contributed by atoms with Crippen molar-refractivity contribution in [2.45, 2.75) is 64.0 Å². The molecular formula is C37H39ClN6O5S. The van der Waals surface area contributed by atoms with Gasteiger partial charge < -0.3 is 15.0 Å². The van der Waals surface area contributed by atoms with Gasteiger partial charge in [0.2, 0.25) is 5.95 Å². The van der Waals surface area contributed by atoms with E-state index in [2.05, 4.69) is 15.6 Å². The summed E-state index contributed by atoms with van der Waals surface area (Å²) in [5.41, 5.74) is 3.45. The number of fused-ring (bicyclic) bond motifs is 1. The SMILES string of the molecule is Cc1ccc(S(=O)(=O)n2c(C)c(-c3nc(NC4CCN(C(=O)c5ccc(NC(=O)OC(C)(C)C)cc5)CC4)ncc3Cl)c3ccccc32)cc1. The van der Waals surface area contributed by atoms with Gasteiger partial charge in [-0.3, -0.25) is 10.1 Å². The number of halogens is 1. The van der Waals surface area contributed by atoms with Gasteiger partial charge in [0.25, 0.3) is 15.9 Å². The number of carbonyl (C=O) groups excluding carboxylic acids is 2. The minimum absolute atomic E-state index is 0.00200. The van der Waals surface area contributed by atoms with Crippen molar-refractivity contribution < 1.29 is 22.7 Å². The van der Waals surface area contributed by atoms with Gasteiger partial charge in [0.15, 0.2) is 0 Å². The zero-order valence-corrected chi connectivity index (χ0v) is 30.1. The Balaban J connectivity index is 1.16. The highest BCUT2D eigenvalue weighted by atomic mass is 35.5. The molecule has 2 amide bonds. The van der Waals surface area contributed by atoms with Crippen LogP contribution in [0.1, 0.15) is 55.2 Å². The topological polar surface area (TPSA) is 136 Å². The highest BCUT2D eigenvalue weighted by molar-refractivity contribution is 7.90. The van der Waals surface area contributed by atoms with Gasteiger partial charge in [0, 0.05) is 47.0 Å². The van der Waals surface area contributed by atoms with Crippen molar-refractivity contribution in [1.29, 1.82) is 0 Å². The average molecular weight is 715 g/mol. The molecule has 0 radical (unpaired) electrons. The van der Waals surface area contributed by atoms with E-state index >= 15 is 0 Å². The number of carbonyl (C=O) groups is 2. The summed E-state index contributed by atoms with van der Waals surface area (Å²) in [5.74, 6) is 0.268. The maximum atomic E-state index is 13.9. The third kappa shape index (κ3) is 7.31. The van der Waals surface area contributed by atoms with E-state index in [0.717, 1.165) is 5.56 Å². The number of amides is 2. The summed E-state index contributed by atoms with van der Waals surface area (Å²) in [4.78, 5) is 36.5. The van der Waals surface area contributed by atoms with Crippen LogP contribution in [0.2, 0.25) is 5.02 Å². The Morgan fingerprint density at radius 3 is 2.26 bits per heavy atom. The van der Waals surface area contributed by atoms with Crippen molar-refractivity contribution >= 4 is 56.2 Å². The van der Waals surface area contributed by atoms with E-state index in [0.29, 0.717) is 76.0 Å². The number of aryl methyl sites for hydroxylation is 1. The molecular weight excluding hydrogens is 676 g/mol. The Hall–Kier alpha value is -4.94. The summed E-state index contributed by atoms with van der Waals surface area (Å²) >= 11 is 6.69. The third-order valence-corrected chi connectivity index (χ3v) is 10.6. The molecule has 13 heteroatoms. The molecule has 50 heavy (non-hydrogen) atoms. The number of hydrogen-bond donors (Lipinski definition) is 2. The van der Waals surface area contributed by atoms with Gasteiger partial charge in [-0.2, -0.15) is 0 Å². The van der Waals surface area contributed by atoms with Crippen molar-refractivity contribution in [3.05, 3.63) is 101 Å². The van der Waals surface area contributed by atoms with Crippen LogP contribution < -0.4 is 10.6 Å². The lowest BCUT2D eigenvalue weighted by atomic mass is 10.0. The van der Waals surface area contributed by atoms with E-state index in [1.807, 2.05) is 19.1 Å². The fraction of sp³-hybridized carbons (Fsp3) is 0.297. The van der Waals surface area contributed by atoms with Gasteiger partial charge in [0.05, 0.1) is 27.3 Å². The molecule has 1 aliphatic rings. The number of aromatic nitrogens is 3. The van der Waals surface area contributed by atoms with Crippen LogP contribution in [0.25, 0.3) is 22.2 Å². The first kappa shape index (κ1) is 34.9. The van der Waals surface area contributed by atoms with Crippen molar-refractivity contribution in [2.24, 2.45) is 0 Å². The van der Waals surface area contributed by atoms with Crippen LogP contribution in [0.15, 0.2) is 83.9 Å². The normalized spacial score (nSPS) is 14.1. The summed E-state index contributed by atoms with van der Waals surface area (Å²) in [6.45, 7) is 10.1. The number of benzene rings is 3. The van der Waals surface area contributed by atoms with Crippen molar-refractivity contribution in [3.8, 4) is 11.3 Å². The van der Waals surface area contributed by atoms with Crippen LogP contribution in [0.3, 0.4) is 0 Å². The van der Waals surface area contributed by atoms with Crippen molar-refractivity contribution in [2.75, 3.05) is 23.7 Å². The molecule has 1 fully saturated rings. The van der Waals surface area contributed by atoms with E-state index in [1.165, 1.54) is 10.2 Å². The number of piperidine rings is 1. The second kappa shape index (κ2) is 13.8. The quantitative estimate of drug-likeness (QED) is 0.175. The first-order chi connectivity index (χ1) is 23.7. The summed E-state index contributed by atoms with van der Waals surface area (Å²) in [5, 5.41) is 7.07. The second-order valence-electron chi connectivity index (χ2n) is 13.4. The molecule has 3 heterocycles. The van der Waals surface area contributed by atoms with Crippen LogP contribution >= 0.6 is 11.6 Å². The van der Waals surface area contributed by atoms with E-state index in [-0.39, 0.29) is 16.8 Å². The number of nitrogens with one attached hydrogen (secondary N) is 2. The maximum absolute atomic E-state index is 13.9. The molecule has 2 N–H and O–H groups in total. The van der Waals surface area contributed by atoms with Crippen LogP contribution in [0, 0.1) is 13.8 Å². The Kier molecular flexibility index (Phi) is 9.60. The van der Waals surface area contributed by atoms with Gasteiger partial charge in [-0.25, -0.2) is 27.2 Å². The molecule has 3 aromatic carbocycles. The second-order valence-corrected chi connectivity index (χ2v) is 15.6. The molecule has 1 aliphatic heterocycles. The molecule has 11 nitrogen and oxygen atoms in total. The molecule has 0 bridgehead atoms. The largest absolute Gasteiger partial charge is 0.444 e. The van der Waals surface area contributed by atoms with E-state index in [9.17, 15) is 18.0 Å². The van der Waals surface area contributed by atoms with Gasteiger partial charge in [0.1, 0.15) is 5.60 Å². The summed E-state index contributed by atoms with van der Waals surface area (Å²) in [7, 11) is -3.93. The van der Waals surface area contributed by atoms with E-state index in [1.54, 1.807) is 93.3 Å². The van der Waals surface area contributed by atoms with Gasteiger partial charge in [-0.05, 0) is 89.9 Å². The lowest BCUT2D eigenvalue weighted by Gasteiger charge is -2.32. The zero-order valence-electron chi connectivity index (χ0n) is 28.5. The van der Waals surface area contributed by atoms with Gasteiger partial charge in [-0.15, -0.1) is 0 Å². The van der Waals surface area contributed by atoms with Gasteiger partial charge in [-0.1, -0.05) is 47.5 Å². The van der Waals surface area contributed by atoms with E-state index in [4.69, 9.17) is 21.3 Å². The predicted octanol–water partition coefficient (Wildman–Crippen LogP) is 7.67. The average Bonchev–Trinajstić information content (AvgIpc) is 3.37. The summed E-state index contributed by atoms with van der Waals surface area (Å²) in [6.07, 6.45) is 2.29. The van der Waals surface area contributed by atoms with Crippen LogP contribution in [0.4, 0.5) is 16.4 Å². The number of ether oxygens (including phenoxy) is 1. The smallest absolute Gasteiger partial charge is 0.412 e. The van der Waals surface area contributed by atoms with Crippen LogP contribution in [-0.4, -0.2) is 64.0 Å². The molecule has 0 saturated carbocycles. The van der Waals surface area contributed by atoms with Gasteiger partial charge >= 0.3 is 6.09 Å². The Bertz CT molecular complexity index is 2170. The first-order valence-corrected chi connectivity index (χ1v) is 18.1. The van der Waals surface area contributed by atoms with Crippen LogP contribution in [-0.2, 0) is 14.8 Å². The Labute approximate surface area is 296 Å². The zero-order chi connectivity index (χ0) is 35.8. The maximum Gasteiger partial charge on any atom is 0.412 e. The number of para-hydroxylation sites is 1. The third-order valence-electron chi connectivity index (χ3n) is 8.49. The Morgan fingerprint density at radius 1 is 0.940 bits per heavy atom. The lowest BCUT2D eigenvalue weighted by Crippen LogP contribution is -2.42. The number of nitrogens with zero attached hydrogens (tertiary/aromatic N) is 4. The number of anilines is 2. The molecule has 6 rings (SSSR count). The minimum atomic E-state index is -3.93. The summed E-state index contributed by atoms with van der Waals surface area (Å²) in [6, 6.07) is 20.8. The molecule has 2 aromatic heterocycles. The molecule has 260 valence electrons. The van der Waals surface area contributed by atoms with Crippen molar-refractivity contribution in [3.63, 3.8) is 0 Å². The van der Waals surface area contributed by atoms with Crippen molar-refractivity contribution in [1.82, 2.24) is 18.8 Å². The highest BCUT2D eigenvalue weighted by Crippen LogP contribution is 2.39. The number of likely N-dealkylation sites (tertiary alicyclic amines) is 1. The lowest BCUT2D eigenvalue weighted by molar-refractivity contribution is 0.0635. The molecule has 5 aromatic rings. The molecule has 0 aliphatic carbocycles. The molecule has 0 atom stereocenters. The predicted molar refractivity (Wildman–Crippen MR) is 195 cm³/mol. The molecule has 0 unspecified atom stereocenters. The molecule has 1 saturated heterocycles. The molecule has 0 spiro atoms. The standard InChI is InChI=1S/C37H39ClN6O5S/c1-23-10-16-28(17-11-23)50(47,48)44-24(2)32(29-8-6-7-9-31(29)44)33-30(38)22-39-35(42-33)40-27-18-20-43(21-19-27)34(45)25-12-14-26(15-13-25)41-36(46)49-37(3,4)5/h6-17,22,27H,18-21H2,1-5H3,(H,41,46)(H,39,40,42). The number of hydrogen-bond acceptors (Lipinski definition) is 8. The van der Waals surface area contributed by atoms with Crippen LogP contribution in [0.5, 0.6) is 0 Å². The summed E-state index contributed by atoms with van der Waals surface area (Å²) < 4.78 is 34.5. The fourth-order valence-corrected chi connectivity index (χ4v) is 7.83. The minimum Gasteiger partial charge on any atom is -0.444 e. The first-order valence-electron chi connectivity index (χ1n) is 16.3. The Morgan fingerprint density at radius 2 is 1.60 bits per heavy atom. The monoisotopic (exact) mass is 714 g/mol. The fourth-order valence-electron chi connectivity index (χ4n) is 6.09. The van der Waals surface area contributed by atoms with E-state index < -0.39 is 21.7 Å². The highest BCUT2D eigenvalue weighted by Gasteiger charge is 2.28.